The van der Waals surface area contributed by atoms with E-state index < -0.39 is 0 Å². The third-order valence-electron chi connectivity index (χ3n) is 9.34. The van der Waals surface area contributed by atoms with E-state index in [1.54, 1.807) is 0 Å². The van der Waals surface area contributed by atoms with Crippen LogP contribution in [0.2, 0.25) is 0 Å². The predicted molar refractivity (Wildman–Crippen MR) is 134 cm³/mol. The van der Waals surface area contributed by atoms with Crippen molar-refractivity contribution in [3.8, 4) is 11.5 Å². The number of fused-ring (bicyclic) bond motifs is 18. The summed E-state index contributed by atoms with van der Waals surface area (Å²) in [5.41, 5.74) is 9.33. The summed E-state index contributed by atoms with van der Waals surface area (Å²) < 4.78 is 0. The Morgan fingerprint density at radius 1 is 0.441 bits per heavy atom. The summed E-state index contributed by atoms with van der Waals surface area (Å²) >= 11 is 0. The molecule has 4 atom stereocenters. The van der Waals surface area contributed by atoms with E-state index in [0.717, 1.165) is 35.1 Å². The van der Waals surface area contributed by atoms with Gasteiger partial charge in [0.05, 0.1) is 0 Å². The molecule has 34 heavy (non-hydrogen) atoms. The fraction of sp³-hybridized carbons (Fsp3) is 0.188. The Morgan fingerprint density at radius 2 is 0.706 bits per heavy atom. The van der Waals surface area contributed by atoms with Gasteiger partial charge in [0.1, 0.15) is 11.5 Å². The molecule has 4 aliphatic carbocycles. The highest BCUT2D eigenvalue weighted by Crippen LogP contribution is 2.69. The first-order valence-corrected chi connectivity index (χ1v) is 12.4. The lowest BCUT2D eigenvalue weighted by Crippen LogP contribution is -2.11. The molecule has 0 fully saturated rings. The Kier molecular flexibility index (Phi) is 2.93. The lowest BCUT2D eigenvalue weighted by molar-refractivity contribution is 0.440. The Balaban J connectivity index is 1.29. The van der Waals surface area contributed by atoms with Crippen molar-refractivity contribution in [2.24, 2.45) is 0 Å². The van der Waals surface area contributed by atoms with Gasteiger partial charge in [-0.05, 0) is 56.6 Å². The Bertz CT molecular complexity index is 1510. The molecule has 4 bridgehead atoms. The lowest BCUT2D eigenvalue weighted by atomic mass is 9.77. The van der Waals surface area contributed by atoms with Crippen LogP contribution in [-0.4, -0.2) is 10.2 Å². The third kappa shape index (κ3) is 1.85. The molecule has 0 saturated heterocycles. The number of aromatic hydroxyl groups is 2. The monoisotopic (exact) mass is 438 g/mol. The first-order chi connectivity index (χ1) is 16.7. The number of phenols is 2. The smallest absolute Gasteiger partial charge is 0.124 e. The van der Waals surface area contributed by atoms with Crippen molar-refractivity contribution < 1.29 is 10.2 Å². The zero-order chi connectivity index (χ0) is 22.3. The van der Waals surface area contributed by atoms with Crippen LogP contribution in [-0.2, 0) is 0 Å². The van der Waals surface area contributed by atoms with Gasteiger partial charge in [-0.15, -0.1) is 0 Å². The number of hydrogen-bond donors (Lipinski definition) is 2. The van der Waals surface area contributed by atoms with E-state index in [4.69, 9.17) is 0 Å². The van der Waals surface area contributed by atoms with E-state index in [-0.39, 0.29) is 23.7 Å². The van der Waals surface area contributed by atoms with E-state index >= 15 is 0 Å². The number of benzene rings is 5. The Labute approximate surface area is 197 Å². The zero-order valence-electron chi connectivity index (χ0n) is 18.5. The molecule has 0 heterocycles. The van der Waals surface area contributed by atoms with Gasteiger partial charge in [-0.2, -0.15) is 0 Å². The molecule has 0 amide bonds. The van der Waals surface area contributed by atoms with Crippen molar-refractivity contribution in [3.63, 3.8) is 0 Å². The van der Waals surface area contributed by atoms with Crippen LogP contribution >= 0.6 is 0 Å². The van der Waals surface area contributed by atoms with Crippen molar-refractivity contribution in [2.45, 2.75) is 36.5 Å². The van der Waals surface area contributed by atoms with Crippen LogP contribution in [0.25, 0.3) is 21.5 Å². The molecule has 2 heteroatoms. The van der Waals surface area contributed by atoms with Gasteiger partial charge >= 0.3 is 0 Å². The molecule has 0 aliphatic heterocycles. The molecule has 0 saturated carbocycles. The van der Waals surface area contributed by atoms with Gasteiger partial charge in [0, 0.05) is 45.9 Å². The largest absolute Gasteiger partial charge is 0.507 e. The molecule has 0 aromatic heterocycles. The van der Waals surface area contributed by atoms with Crippen molar-refractivity contribution in [1.29, 1.82) is 0 Å². The minimum absolute atomic E-state index is 0.172. The molecule has 2 nitrogen and oxygen atoms in total. The first-order valence-electron chi connectivity index (χ1n) is 12.4. The molecule has 9 rings (SSSR count). The second-order valence-corrected chi connectivity index (χ2v) is 10.7. The maximum absolute atomic E-state index is 11.8. The summed E-state index contributed by atoms with van der Waals surface area (Å²) in [5, 5.41) is 28.5. The average molecular weight is 439 g/mol. The molecule has 2 N–H and O–H groups in total. The van der Waals surface area contributed by atoms with Crippen molar-refractivity contribution >= 4 is 21.5 Å². The molecule has 5 aromatic carbocycles. The van der Waals surface area contributed by atoms with E-state index in [9.17, 15) is 10.2 Å². The highest BCUT2D eigenvalue weighted by Gasteiger charge is 2.52. The van der Waals surface area contributed by atoms with Crippen LogP contribution in [0, 0.1) is 0 Å². The molecular formula is C32H22O2. The van der Waals surface area contributed by atoms with Crippen LogP contribution in [0.3, 0.4) is 0 Å². The summed E-state index contributed by atoms with van der Waals surface area (Å²) in [6.07, 6.45) is 1.91. The van der Waals surface area contributed by atoms with E-state index in [0.29, 0.717) is 11.5 Å². The second kappa shape index (κ2) is 5.64. The fourth-order valence-electron chi connectivity index (χ4n) is 8.04. The molecule has 0 unspecified atom stereocenters. The predicted octanol–water partition coefficient (Wildman–Crippen LogP) is 7.37. The van der Waals surface area contributed by atoms with Gasteiger partial charge in [-0.1, -0.05) is 72.8 Å². The van der Waals surface area contributed by atoms with Crippen molar-refractivity contribution in [1.82, 2.24) is 0 Å². The topological polar surface area (TPSA) is 40.5 Å². The van der Waals surface area contributed by atoms with Gasteiger partial charge < -0.3 is 10.2 Å². The van der Waals surface area contributed by atoms with E-state index in [1.165, 1.54) is 43.8 Å². The molecule has 0 radical (unpaired) electrons. The molecule has 162 valence electrons. The van der Waals surface area contributed by atoms with Crippen LogP contribution in [0.1, 0.15) is 81.0 Å². The quantitative estimate of drug-likeness (QED) is 0.248. The highest BCUT2D eigenvalue weighted by atomic mass is 16.3. The van der Waals surface area contributed by atoms with Crippen LogP contribution in [0.4, 0.5) is 0 Å². The highest BCUT2D eigenvalue weighted by molar-refractivity contribution is 5.89. The van der Waals surface area contributed by atoms with E-state index in [2.05, 4.69) is 72.8 Å². The SMILES string of the molecule is Oc1c2c(c(O)c3c1[C@H]1C[C@@H]3c3cc4ccccc4cc31)[C@H]1C[C@@H]2c2cc3ccccc3cc21. The summed E-state index contributed by atoms with van der Waals surface area (Å²) in [7, 11) is 0. The van der Waals surface area contributed by atoms with Crippen LogP contribution in [0.15, 0.2) is 72.8 Å². The molecule has 5 aromatic rings. The fourth-order valence-corrected chi connectivity index (χ4v) is 8.04. The van der Waals surface area contributed by atoms with Gasteiger partial charge in [0.15, 0.2) is 0 Å². The normalized spacial score (nSPS) is 24.5. The molecular weight excluding hydrogens is 416 g/mol. The average Bonchev–Trinajstić information content (AvgIpc) is 3.62. The number of phenolic OH excluding ortho intramolecular Hbond substituents is 2. The summed E-state index contributed by atoms with van der Waals surface area (Å²) in [4.78, 5) is 0. The summed E-state index contributed by atoms with van der Waals surface area (Å²) in [6, 6.07) is 26.3. The number of hydrogen-bond acceptors (Lipinski definition) is 2. The van der Waals surface area contributed by atoms with Crippen LogP contribution < -0.4 is 0 Å². The Morgan fingerprint density at radius 3 is 0.971 bits per heavy atom. The standard InChI is InChI=1S/C32H22O2/c33-31-27-23-13-24(20-10-16-6-2-1-5-15(16)9-19(20)23)28(27)32(34)30-26-14-25(29(30)31)21-11-17-7-3-4-8-18(17)12-22(21)26/h1-12,23-26,33-34H,13-14H2/t23-,24+,25+,26-. The van der Waals surface area contributed by atoms with Gasteiger partial charge in [0.2, 0.25) is 0 Å². The Hall–Kier alpha value is -3.78. The van der Waals surface area contributed by atoms with Crippen LogP contribution in [0.5, 0.6) is 11.5 Å². The second-order valence-electron chi connectivity index (χ2n) is 10.7. The minimum Gasteiger partial charge on any atom is -0.507 e. The zero-order valence-corrected chi connectivity index (χ0v) is 18.5. The van der Waals surface area contributed by atoms with Gasteiger partial charge in [0.25, 0.3) is 0 Å². The third-order valence-corrected chi connectivity index (χ3v) is 9.34. The number of rotatable bonds is 0. The van der Waals surface area contributed by atoms with E-state index in [1.807, 2.05) is 0 Å². The lowest BCUT2D eigenvalue weighted by Gasteiger charge is -2.28. The van der Waals surface area contributed by atoms with Crippen molar-refractivity contribution in [3.05, 3.63) is 117 Å². The first kappa shape index (κ1) is 17.7. The molecule has 0 spiro atoms. The van der Waals surface area contributed by atoms with Gasteiger partial charge in [-0.3, -0.25) is 0 Å². The van der Waals surface area contributed by atoms with Gasteiger partial charge in [-0.25, -0.2) is 0 Å². The molecule has 4 aliphatic rings. The van der Waals surface area contributed by atoms with Crippen molar-refractivity contribution in [2.75, 3.05) is 0 Å². The minimum atomic E-state index is 0.172. The maximum Gasteiger partial charge on any atom is 0.124 e. The maximum atomic E-state index is 11.8. The summed E-state index contributed by atoms with van der Waals surface area (Å²) in [6.45, 7) is 0. The summed E-state index contributed by atoms with van der Waals surface area (Å²) in [5.74, 6) is 1.61.